The maximum Gasteiger partial charge on any atom is 0.416 e. The Kier molecular flexibility index (Phi) is 4.47. The molecule has 0 saturated heterocycles. The van der Waals surface area contributed by atoms with Gasteiger partial charge in [0.25, 0.3) is 0 Å². The third kappa shape index (κ3) is 3.98. The van der Waals surface area contributed by atoms with Gasteiger partial charge in [-0.3, -0.25) is 0 Å². The number of benzene rings is 1. The maximum absolute atomic E-state index is 13.2. The third-order valence-electron chi connectivity index (χ3n) is 2.29. The number of nitrogens with one attached hydrogen (secondary N) is 1. The summed E-state index contributed by atoms with van der Waals surface area (Å²) in [6.45, 7) is 1.42. The van der Waals surface area contributed by atoms with Crippen molar-refractivity contribution in [1.29, 1.82) is 0 Å². The first kappa shape index (κ1) is 13.9. The fraction of sp³-hybridized carbons (Fsp3) is 0.455. The van der Waals surface area contributed by atoms with Crippen LogP contribution < -0.4 is 5.32 Å². The molecule has 0 aliphatic carbocycles. The third-order valence-corrected chi connectivity index (χ3v) is 2.29. The molecule has 1 aromatic rings. The summed E-state index contributed by atoms with van der Waals surface area (Å²) in [6, 6.07) is 1.97. The Hall–Kier alpha value is -1.14. The minimum atomic E-state index is -4.48. The molecule has 0 saturated carbocycles. The van der Waals surface area contributed by atoms with Crippen LogP contribution in [0.25, 0.3) is 0 Å². The van der Waals surface area contributed by atoms with Crippen molar-refractivity contribution in [2.24, 2.45) is 0 Å². The van der Waals surface area contributed by atoms with E-state index in [1.54, 1.807) is 6.92 Å². The Bertz CT molecular complexity index is 378. The predicted molar refractivity (Wildman–Crippen MR) is 54.8 cm³/mol. The molecule has 0 radical (unpaired) electrons. The Labute approximate surface area is 96.3 Å². The van der Waals surface area contributed by atoms with E-state index in [4.69, 9.17) is 5.11 Å². The van der Waals surface area contributed by atoms with Crippen molar-refractivity contribution < 1.29 is 22.7 Å². The number of aliphatic hydroxyl groups is 1. The molecule has 0 aliphatic rings. The van der Waals surface area contributed by atoms with Crippen molar-refractivity contribution in [3.63, 3.8) is 0 Å². The van der Waals surface area contributed by atoms with Crippen LogP contribution in [0.1, 0.15) is 18.1 Å². The zero-order chi connectivity index (χ0) is 13.1. The van der Waals surface area contributed by atoms with Crippen molar-refractivity contribution in [2.45, 2.75) is 25.7 Å². The molecule has 2 nitrogen and oxygen atoms in total. The van der Waals surface area contributed by atoms with Crippen LogP contribution in [0.2, 0.25) is 0 Å². The summed E-state index contributed by atoms with van der Waals surface area (Å²) < 4.78 is 50.4. The van der Waals surface area contributed by atoms with Gasteiger partial charge in [-0.25, -0.2) is 4.39 Å². The molecule has 1 atom stereocenters. The average Bonchev–Trinajstić information content (AvgIpc) is 2.26. The first-order valence-electron chi connectivity index (χ1n) is 5.04. The average molecular weight is 251 g/mol. The Morgan fingerprint density at radius 2 is 2.00 bits per heavy atom. The number of hydrogen-bond donors (Lipinski definition) is 2. The monoisotopic (exact) mass is 251 g/mol. The molecule has 0 aliphatic heterocycles. The van der Waals surface area contributed by atoms with Gasteiger partial charge in [-0.15, -0.1) is 0 Å². The van der Waals surface area contributed by atoms with Crippen molar-refractivity contribution in [1.82, 2.24) is 5.32 Å². The van der Waals surface area contributed by atoms with Crippen molar-refractivity contribution in [3.05, 3.63) is 35.1 Å². The fourth-order valence-corrected chi connectivity index (χ4v) is 1.24. The molecule has 0 heterocycles. The quantitative estimate of drug-likeness (QED) is 0.805. The van der Waals surface area contributed by atoms with E-state index >= 15 is 0 Å². The van der Waals surface area contributed by atoms with E-state index in [9.17, 15) is 17.6 Å². The lowest BCUT2D eigenvalue weighted by Crippen LogP contribution is -2.29. The number of alkyl halides is 3. The number of aliphatic hydroxyl groups excluding tert-OH is 1. The molecule has 2 N–H and O–H groups in total. The first-order chi connectivity index (χ1) is 7.84. The van der Waals surface area contributed by atoms with Gasteiger partial charge in [-0.1, -0.05) is 0 Å². The van der Waals surface area contributed by atoms with Gasteiger partial charge in [-0.05, 0) is 25.1 Å². The molecule has 1 unspecified atom stereocenters. The van der Waals surface area contributed by atoms with Gasteiger partial charge >= 0.3 is 6.18 Å². The number of halogens is 4. The van der Waals surface area contributed by atoms with Crippen LogP contribution in [0.5, 0.6) is 0 Å². The van der Waals surface area contributed by atoms with Gasteiger partial charge in [-0.2, -0.15) is 13.2 Å². The summed E-state index contributed by atoms with van der Waals surface area (Å²) >= 11 is 0. The highest BCUT2D eigenvalue weighted by Gasteiger charge is 2.30. The molecular formula is C11H13F4NO. The Morgan fingerprint density at radius 1 is 1.35 bits per heavy atom. The van der Waals surface area contributed by atoms with Gasteiger partial charge in [0.05, 0.1) is 12.2 Å². The minimum absolute atomic E-state index is 0.0581. The molecule has 0 aromatic heterocycles. The topological polar surface area (TPSA) is 32.3 Å². The molecule has 0 amide bonds. The summed E-state index contributed by atoms with van der Waals surface area (Å²) in [5.74, 6) is -0.698. The SMILES string of the molecule is CC(CO)NCc1cc(C(F)(F)F)ccc1F. The highest BCUT2D eigenvalue weighted by Crippen LogP contribution is 2.30. The normalized spacial score (nSPS) is 13.8. The van der Waals surface area contributed by atoms with E-state index in [0.29, 0.717) is 6.07 Å². The van der Waals surface area contributed by atoms with E-state index in [1.165, 1.54) is 0 Å². The van der Waals surface area contributed by atoms with E-state index in [1.807, 2.05) is 0 Å². The molecule has 0 bridgehead atoms. The van der Waals surface area contributed by atoms with Crippen LogP contribution in [0, 0.1) is 5.82 Å². The molecule has 1 rings (SSSR count). The Morgan fingerprint density at radius 3 is 2.53 bits per heavy atom. The smallest absolute Gasteiger partial charge is 0.395 e. The van der Waals surface area contributed by atoms with Gasteiger partial charge in [0.2, 0.25) is 0 Å². The lowest BCUT2D eigenvalue weighted by Gasteiger charge is -2.13. The molecule has 6 heteroatoms. The second kappa shape index (κ2) is 5.46. The van der Waals surface area contributed by atoms with Crippen LogP contribution in [0.3, 0.4) is 0 Å². The summed E-state index contributed by atoms with van der Waals surface area (Å²) in [5.41, 5.74) is -0.951. The Balaban J connectivity index is 2.84. The van der Waals surface area contributed by atoms with Gasteiger partial charge in [0, 0.05) is 18.2 Å². The van der Waals surface area contributed by atoms with E-state index in [-0.39, 0.29) is 24.8 Å². The first-order valence-corrected chi connectivity index (χ1v) is 5.04. The summed E-state index contributed by atoms with van der Waals surface area (Å²) in [6.07, 6.45) is -4.48. The maximum atomic E-state index is 13.2. The molecule has 0 fully saturated rings. The second-order valence-corrected chi connectivity index (χ2v) is 3.77. The van der Waals surface area contributed by atoms with Crippen molar-refractivity contribution in [3.8, 4) is 0 Å². The lowest BCUT2D eigenvalue weighted by molar-refractivity contribution is -0.137. The van der Waals surface area contributed by atoms with Crippen LogP contribution in [0.15, 0.2) is 18.2 Å². The second-order valence-electron chi connectivity index (χ2n) is 3.77. The highest BCUT2D eigenvalue weighted by atomic mass is 19.4. The van der Waals surface area contributed by atoms with Crippen LogP contribution in [-0.4, -0.2) is 17.8 Å². The summed E-state index contributed by atoms with van der Waals surface area (Å²) in [5, 5.41) is 11.4. The predicted octanol–water partition coefficient (Wildman–Crippen LogP) is 2.31. The summed E-state index contributed by atoms with van der Waals surface area (Å²) in [4.78, 5) is 0. The van der Waals surface area contributed by atoms with Crippen molar-refractivity contribution >= 4 is 0 Å². The molecule has 1 aromatic carbocycles. The lowest BCUT2D eigenvalue weighted by atomic mass is 10.1. The molecule has 96 valence electrons. The van der Waals surface area contributed by atoms with Crippen LogP contribution in [0.4, 0.5) is 17.6 Å². The van der Waals surface area contributed by atoms with E-state index < -0.39 is 17.6 Å². The standard InChI is InChI=1S/C11H13F4NO/c1-7(6-17)16-5-8-4-9(11(13,14)15)2-3-10(8)12/h2-4,7,16-17H,5-6H2,1H3. The van der Waals surface area contributed by atoms with Crippen molar-refractivity contribution in [2.75, 3.05) is 6.61 Å². The largest absolute Gasteiger partial charge is 0.416 e. The molecule has 0 spiro atoms. The fourth-order valence-electron chi connectivity index (χ4n) is 1.24. The molecule has 17 heavy (non-hydrogen) atoms. The van der Waals surface area contributed by atoms with Crippen LogP contribution >= 0.6 is 0 Å². The number of hydrogen-bond acceptors (Lipinski definition) is 2. The van der Waals surface area contributed by atoms with Crippen LogP contribution in [-0.2, 0) is 12.7 Å². The van der Waals surface area contributed by atoms with Gasteiger partial charge in [0.1, 0.15) is 5.82 Å². The number of rotatable bonds is 4. The zero-order valence-corrected chi connectivity index (χ0v) is 9.18. The van der Waals surface area contributed by atoms with E-state index in [2.05, 4.69) is 5.32 Å². The highest BCUT2D eigenvalue weighted by molar-refractivity contribution is 5.27. The van der Waals surface area contributed by atoms with Gasteiger partial charge < -0.3 is 10.4 Å². The summed E-state index contributed by atoms with van der Waals surface area (Å²) in [7, 11) is 0. The van der Waals surface area contributed by atoms with E-state index in [0.717, 1.165) is 12.1 Å². The minimum Gasteiger partial charge on any atom is -0.395 e. The molecular weight excluding hydrogens is 238 g/mol. The van der Waals surface area contributed by atoms with Gasteiger partial charge in [0.15, 0.2) is 0 Å². The zero-order valence-electron chi connectivity index (χ0n) is 9.18.